The molecule has 1 amide bonds. The molecule has 0 unspecified atom stereocenters. The fourth-order valence-corrected chi connectivity index (χ4v) is 1.38. The molecular weight excluding hydrogens is 214 g/mol. The Morgan fingerprint density at radius 2 is 2.13 bits per heavy atom. The lowest BCUT2D eigenvalue weighted by atomic mass is 10.1. The second kappa shape index (κ2) is 6.43. The quantitative estimate of drug-likeness (QED) is 0.778. The van der Waals surface area contributed by atoms with Crippen molar-refractivity contribution >= 4 is 17.5 Å². The van der Waals surface area contributed by atoms with E-state index in [-0.39, 0.29) is 17.8 Å². The standard InChI is InChI=1S/C11H14ClNO2/c1-15-8-10(13-11(14)7-12)9-5-3-2-4-6-9/h2-6,10H,7-8H2,1H3,(H,13,14)/t10-/m1/s1. The summed E-state index contributed by atoms with van der Waals surface area (Å²) in [6.45, 7) is 0.437. The van der Waals surface area contributed by atoms with Crippen molar-refractivity contribution in [2.24, 2.45) is 0 Å². The number of halogens is 1. The number of nitrogens with one attached hydrogen (secondary N) is 1. The molecule has 0 saturated carbocycles. The van der Waals surface area contributed by atoms with Crippen molar-refractivity contribution in [2.75, 3.05) is 19.6 Å². The van der Waals surface area contributed by atoms with Gasteiger partial charge < -0.3 is 10.1 Å². The smallest absolute Gasteiger partial charge is 0.235 e. The number of carbonyl (C=O) groups excluding carboxylic acids is 1. The third-order valence-corrected chi connectivity index (χ3v) is 2.23. The third-order valence-electron chi connectivity index (χ3n) is 1.99. The molecule has 15 heavy (non-hydrogen) atoms. The molecule has 1 rings (SSSR count). The summed E-state index contributed by atoms with van der Waals surface area (Å²) in [5.41, 5.74) is 1.01. The Labute approximate surface area is 94.4 Å². The average Bonchev–Trinajstić information content (AvgIpc) is 2.29. The summed E-state index contributed by atoms with van der Waals surface area (Å²) in [4.78, 5) is 11.2. The van der Waals surface area contributed by atoms with E-state index in [0.29, 0.717) is 6.61 Å². The van der Waals surface area contributed by atoms with Crippen LogP contribution in [-0.4, -0.2) is 25.5 Å². The second-order valence-electron chi connectivity index (χ2n) is 3.12. The predicted molar refractivity (Wildman–Crippen MR) is 59.9 cm³/mol. The minimum Gasteiger partial charge on any atom is -0.382 e. The molecule has 0 radical (unpaired) electrons. The van der Waals surface area contributed by atoms with Crippen LogP contribution in [0.4, 0.5) is 0 Å². The number of benzene rings is 1. The van der Waals surface area contributed by atoms with E-state index < -0.39 is 0 Å². The van der Waals surface area contributed by atoms with Crippen LogP contribution in [0.3, 0.4) is 0 Å². The Morgan fingerprint density at radius 3 is 2.67 bits per heavy atom. The van der Waals surface area contributed by atoms with E-state index in [4.69, 9.17) is 16.3 Å². The van der Waals surface area contributed by atoms with Crippen molar-refractivity contribution in [3.63, 3.8) is 0 Å². The molecule has 0 aliphatic rings. The summed E-state index contributed by atoms with van der Waals surface area (Å²) in [6.07, 6.45) is 0. The maximum Gasteiger partial charge on any atom is 0.235 e. The van der Waals surface area contributed by atoms with Gasteiger partial charge in [-0.1, -0.05) is 30.3 Å². The Morgan fingerprint density at radius 1 is 1.47 bits per heavy atom. The van der Waals surface area contributed by atoms with Crippen molar-refractivity contribution in [1.82, 2.24) is 5.32 Å². The van der Waals surface area contributed by atoms with E-state index in [1.54, 1.807) is 7.11 Å². The van der Waals surface area contributed by atoms with Crippen LogP contribution in [-0.2, 0) is 9.53 Å². The van der Waals surface area contributed by atoms with Gasteiger partial charge in [0.2, 0.25) is 5.91 Å². The molecule has 0 aliphatic carbocycles. The largest absolute Gasteiger partial charge is 0.382 e. The lowest BCUT2D eigenvalue weighted by Crippen LogP contribution is -2.32. The van der Waals surface area contributed by atoms with Crippen LogP contribution in [0.2, 0.25) is 0 Å². The van der Waals surface area contributed by atoms with E-state index in [2.05, 4.69) is 5.32 Å². The zero-order valence-corrected chi connectivity index (χ0v) is 9.33. The van der Waals surface area contributed by atoms with Gasteiger partial charge in [0, 0.05) is 7.11 Å². The highest BCUT2D eigenvalue weighted by Crippen LogP contribution is 2.12. The zero-order chi connectivity index (χ0) is 11.1. The maximum atomic E-state index is 11.2. The lowest BCUT2D eigenvalue weighted by Gasteiger charge is -2.17. The van der Waals surface area contributed by atoms with E-state index in [1.807, 2.05) is 30.3 Å². The molecule has 0 aliphatic heterocycles. The summed E-state index contributed by atoms with van der Waals surface area (Å²) in [7, 11) is 1.60. The fourth-order valence-electron chi connectivity index (χ4n) is 1.31. The molecule has 1 atom stereocenters. The number of ether oxygens (including phenoxy) is 1. The molecule has 3 nitrogen and oxygen atoms in total. The molecule has 0 spiro atoms. The number of amides is 1. The minimum atomic E-state index is -0.192. The van der Waals surface area contributed by atoms with Gasteiger partial charge in [0.15, 0.2) is 0 Å². The maximum absolute atomic E-state index is 11.2. The highest BCUT2D eigenvalue weighted by Gasteiger charge is 2.12. The fraction of sp³-hybridized carbons (Fsp3) is 0.364. The summed E-state index contributed by atoms with van der Waals surface area (Å²) in [5, 5.41) is 2.79. The van der Waals surface area contributed by atoms with Crippen molar-refractivity contribution in [2.45, 2.75) is 6.04 Å². The first kappa shape index (κ1) is 12.0. The van der Waals surface area contributed by atoms with Gasteiger partial charge in [-0.15, -0.1) is 11.6 Å². The normalized spacial score (nSPS) is 12.1. The first-order valence-electron chi connectivity index (χ1n) is 4.67. The van der Waals surface area contributed by atoms with E-state index in [0.717, 1.165) is 5.56 Å². The molecule has 1 aromatic carbocycles. The zero-order valence-electron chi connectivity index (χ0n) is 8.57. The molecule has 1 N–H and O–H groups in total. The first-order chi connectivity index (χ1) is 7.27. The molecule has 82 valence electrons. The van der Waals surface area contributed by atoms with Crippen LogP contribution < -0.4 is 5.32 Å². The van der Waals surface area contributed by atoms with Crippen LogP contribution >= 0.6 is 11.6 Å². The highest BCUT2D eigenvalue weighted by molar-refractivity contribution is 6.27. The topological polar surface area (TPSA) is 38.3 Å². The third kappa shape index (κ3) is 3.90. The monoisotopic (exact) mass is 227 g/mol. The summed E-state index contributed by atoms with van der Waals surface area (Å²) in [6, 6.07) is 9.52. The van der Waals surface area contributed by atoms with Gasteiger partial charge in [-0.3, -0.25) is 4.79 Å². The van der Waals surface area contributed by atoms with Gasteiger partial charge in [0.05, 0.1) is 12.6 Å². The van der Waals surface area contributed by atoms with Gasteiger partial charge in [0.1, 0.15) is 5.88 Å². The predicted octanol–water partition coefficient (Wildman–Crippen LogP) is 1.73. The Balaban J connectivity index is 2.70. The van der Waals surface area contributed by atoms with E-state index in [9.17, 15) is 4.79 Å². The molecular formula is C11H14ClNO2. The number of rotatable bonds is 5. The molecule has 0 saturated heterocycles. The Kier molecular flexibility index (Phi) is 5.15. The Bertz CT molecular complexity index is 303. The van der Waals surface area contributed by atoms with Crippen LogP contribution in [0.5, 0.6) is 0 Å². The number of methoxy groups -OCH3 is 1. The highest BCUT2D eigenvalue weighted by atomic mass is 35.5. The first-order valence-corrected chi connectivity index (χ1v) is 5.20. The molecule has 0 bridgehead atoms. The van der Waals surface area contributed by atoms with Crippen molar-refractivity contribution < 1.29 is 9.53 Å². The SMILES string of the molecule is COC[C@@H](NC(=O)CCl)c1ccccc1. The summed E-state index contributed by atoms with van der Waals surface area (Å²) in [5.74, 6) is -0.227. The molecule has 0 heterocycles. The van der Waals surface area contributed by atoms with E-state index >= 15 is 0 Å². The van der Waals surface area contributed by atoms with Gasteiger partial charge in [-0.2, -0.15) is 0 Å². The lowest BCUT2D eigenvalue weighted by molar-refractivity contribution is -0.119. The number of hydrogen-bond acceptors (Lipinski definition) is 2. The summed E-state index contributed by atoms with van der Waals surface area (Å²) >= 11 is 5.43. The number of alkyl halides is 1. The second-order valence-corrected chi connectivity index (χ2v) is 3.39. The summed E-state index contributed by atoms with van der Waals surface area (Å²) < 4.78 is 5.05. The molecule has 1 aromatic rings. The van der Waals surface area contributed by atoms with Crippen LogP contribution in [0, 0.1) is 0 Å². The van der Waals surface area contributed by atoms with Crippen LogP contribution in [0.15, 0.2) is 30.3 Å². The average molecular weight is 228 g/mol. The van der Waals surface area contributed by atoms with Crippen LogP contribution in [0.1, 0.15) is 11.6 Å². The van der Waals surface area contributed by atoms with Crippen molar-refractivity contribution in [3.05, 3.63) is 35.9 Å². The van der Waals surface area contributed by atoms with Crippen molar-refractivity contribution in [1.29, 1.82) is 0 Å². The molecule has 4 heteroatoms. The van der Waals surface area contributed by atoms with E-state index in [1.165, 1.54) is 0 Å². The van der Waals surface area contributed by atoms with Gasteiger partial charge in [-0.25, -0.2) is 0 Å². The molecule has 0 fully saturated rings. The van der Waals surface area contributed by atoms with Gasteiger partial charge in [0.25, 0.3) is 0 Å². The number of carbonyl (C=O) groups is 1. The Hall–Kier alpha value is -1.06. The molecule has 0 aromatic heterocycles. The van der Waals surface area contributed by atoms with Gasteiger partial charge >= 0.3 is 0 Å². The number of hydrogen-bond donors (Lipinski definition) is 1. The van der Waals surface area contributed by atoms with Crippen molar-refractivity contribution in [3.8, 4) is 0 Å². The van der Waals surface area contributed by atoms with Crippen LogP contribution in [0.25, 0.3) is 0 Å². The minimum absolute atomic E-state index is 0.0347. The van der Waals surface area contributed by atoms with Gasteiger partial charge in [-0.05, 0) is 5.56 Å².